The van der Waals surface area contributed by atoms with Crippen LogP contribution >= 0.6 is 24.0 Å². The SMILES string of the molecule is CN=C(NCCC(=O)N1CCCCC1C)NCC1(N2CCOCC2)CCCCC1.I. The second-order valence-corrected chi connectivity index (χ2v) is 8.92. The van der Waals surface area contributed by atoms with E-state index in [1.54, 1.807) is 0 Å². The van der Waals surface area contributed by atoms with E-state index in [1.165, 1.54) is 38.5 Å². The molecule has 8 heteroatoms. The summed E-state index contributed by atoms with van der Waals surface area (Å²) in [6.45, 7) is 8.34. The van der Waals surface area contributed by atoms with Crippen LogP contribution in [-0.2, 0) is 9.53 Å². The van der Waals surface area contributed by atoms with Crippen molar-refractivity contribution in [2.24, 2.45) is 4.99 Å². The van der Waals surface area contributed by atoms with E-state index in [4.69, 9.17) is 4.74 Å². The van der Waals surface area contributed by atoms with E-state index in [0.717, 1.165) is 58.2 Å². The monoisotopic (exact) mass is 535 g/mol. The molecule has 1 aliphatic carbocycles. The quantitative estimate of drug-likeness (QED) is 0.311. The number of amides is 1. The molecule has 2 saturated heterocycles. The largest absolute Gasteiger partial charge is 0.379 e. The molecule has 2 heterocycles. The van der Waals surface area contributed by atoms with Crippen LogP contribution in [0.4, 0.5) is 0 Å². The molecule has 0 bridgehead atoms. The molecule has 3 fully saturated rings. The summed E-state index contributed by atoms with van der Waals surface area (Å²) >= 11 is 0. The first kappa shape index (κ1) is 25.6. The fourth-order valence-corrected chi connectivity index (χ4v) is 5.22. The van der Waals surface area contributed by atoms with Crippen molar-refractivity contribution < 1.29 is 9.53 Å². The van der Waals surface area contributed by atoms with Crippen LogP contribution in [0.15, 0.2) is 4.99 Å². The van der Waals surface area contributed by atoms with E-state index in [1.807, 2.05) is 7.05 Å². The maximum absolute atomic E-state index is 12.5. The Balaban J connectivity index is 0.00000320. The number of guanidine groups is 1. The first-order valence-corrected chi connectivity index (χ1v) is 11.7. The van der Waals surface area contributed by atoms with Gasteiger partial charge in [-0.3, -0.25) is 14.7 Å². The summed E-state index contributed by atoms with van der Waals surface area (Å²) in [5.41, 5.74) is 0.207. The summed E-state index contributed by atoms with van der Waals surface area (Å²) in [4.78, 5) is 21.6. The Morgan fingerprint density at radius 2 is 1.80 bits per heavy atom. The van der Waals surface area contributed by atoms with Crippen molar-refractivity contribution in [2.75, 3.05) is 53.0 Å². The lowest BCUT2D eigenvalue weighted by atomic mass is 9.80. The van der Waals surface area contributed by atoms with E-state index in [2.05, 4.69) is 32.3 Å². The zero-order chi connectivity index (χ0) is 20.5. The predicted octanol–water partition coefficient (Wildman–Crippen LogP) is 2.60. The van der Waals surface area contributed by atoms with Gasteiger partial charge in [0.05, 0.1) is 13.2 Å². The first-order valence-electron chi connectivity index (χ1n) is 11.7. The minimum atomic E-state index is 0. The zero-order valence-electron chi connectivity index (χ0n) is 19.0. The maximum atomic E-state index is 12.5. The number of hydrogen-bond donors (Lipinski definition) is 2. The molecule has 0 aromatic carbocycles. The van der Waals surface area contributed by atoms with Crippen LogP contribution < -0.4 is 10.6 Å². The highest BCUT2D eigenvalue weighted by Gasteiger charge is 2.38. The number of aliphatic imine (C=N–C) groups is 1. The number of carbonyl (C=O) groups is 1. The molecule has 0 aromatic rings. The van der Waals surface area contributed by atoms with Gasteiger partial charge in [0.2, 0.25) is 5.91 Å². The number of hydrogen-bond acceptors (Lipinski definition) is 4. The normalized spacial score (nSPS) is 25.3. The van der Waals surface area contributed by atoms with Crippen LogP contribution in [0.3, 0.4) is 0 Å². The van der Waals surface area contributed by atoms with Gasteiger partial charge in [0.25, 0.3) is 0 Å². The average Bonchev–Trinajstić information content (AvgIpc) is 2.77. The molecule has 7 nitrogen and oxygen atoms in total. The molecule has 2 N–H and O–H groups in total. The van der Waals surface area contributed by atoms with Crippen molar-refractivity contribution in [3.05, 3.63) is 0 Å². The van der Waals surface area contributed by atoms with Gasteiger partial charge in [-0.1, -0.05) is 19.3 Å². The molecular formula is C22H42IN5O2. The lowest BCUT2D eigenvalue weighted by Gasteiger charge is -2.48. The van der Waals surface area contributed by atoms with Crippen LogP contribution in [0.5, 0.6) is 0 Å². The molecule has 1 unspecified atom stereocenters. The van der Waals surface area contributed by atoms with Crippen molar-refractivity contribution in [3.8, 4) is 0 Å². The fraction of sp³-hybridized carbons (Fsp3) is 0.909. The van der Waals surface area contributed by atoms with Crippen LogP contribution in [0, 0.1) is 0 Å². The molecule has 0 spiro atoms. The van der Waals surface area contributed by atoms with Gasteiger partial charge in [-0.05, 0) is 39.0 Å². The molecule has 1 amide bonds. The summed E-state index contributed by atoms with van der Waals surface area (Å²) in [6, 6.07) is 0.383. The summed E-state index contributed by atoms with van der Waals surface area (Å²) in [5.74, 6) is 1.07. The number of rotatable bonds is 6. The van der Waals surface area contributed by atoms with E-state index in [-0.39, 0.29) is 35.4 Å². The Kier molecular flexibility index (Phi) is 11.2. The van der Waals surface area contributed by atoms with Crippen molar-refractivity contribution >= 4 is 35.8 Å². The van der Waals surface area contributed by atoms with Crippen LogP contribution in [0.1, 0.15) is 64.7 Å². The van der Waals surface area contributed by atoms with E-state index < -0.39 is 0 Å². The molecule has 1 saturated carbocycles. The number of carbonyl (C=O) groups excluding carboxylic acids is 1. The van der Waals surface area contributed by atoms with Gasteiger partial charge in [-0.15, -0.1) is 24.0 Å². The average molecular weight is 536 g/mol. The molecular weight excluding hydrogens is 493 g/mol. The lowest BCUT2D eigenvalue weighted by Crippen LogP contribution is -2.60. The highest BCUT2D eigenvalue weighted by molar-refractivity contribution is 14.0. The number of ether oxygens (including phenoxy) is 1. The van der Waals surface area contributed by atoms with Gasteiger partial charge >= 0.3 is 0 Å². The standard InChI is InChI=1S/C22H41N5O2.HI/c1-19-8-4-7-13-27(19)20(28)9-12-24-21(23-2)25-18-22(10-5-3-6-11-22)26-14-16-29-17-15-26;/h19H,3-18H2,1-2H3,(H2,23,24,25);1H. The number of halogens is 1. The molecule has 30 heavy (non-hydrogen) atoms. The molecule has 2 aliphatic heterocycles. The predicted molar refractivity (Wildman–Crippen MR) is 133 cm³/mol. The highest BCUT2D eigenvalue weighted by Crippen LogP contribution is 2.33. The van der Waals surface area contributed by atoms with Gasteiger partial charge in [0.15, 0.2) is 5.96 Å². The Bertz CT molecular complexity index is 548. The van der Waals surface area contributed by atoms with Crippen molar-refractivity contribution in [2.45, 2.75) is 76.3 Å². The minimum absolute atomic E-state index is 0. The van der Waals surface area contributed by atoms with E-state index >= 15 is 0 Å². The second-order valence-electron chi connectivity index (χ2n) is 8.92. The Labute approximate surface area is 199 Å². The molecule has 0 radical (unpaired) electrons. The van der Waals surface area contributed by atoms with Crippen molar-refractivity contribution in [3.63, 3.8) is 0 Å². The Morgan fingerprint density at radius 1 is 1.07 bits per heavy atom. The third-order valence-corrected chi connectivity index (χ3v) is 7.03. The number of nitrogens with zero attached hydrogens (tertiary/aromatic N) is 3. The van der Waals surface area contributed by atoms with Crippen LogP contribution in [-0.4, -0.2) is 86.2 Å². The number of likely N-dealkylation sites (tertiary alicyclic amines) is 1. The molecule has 3 rings (SSSR count). The van der Waals surface area contributed by atoms with Crippen LogP contribution in [0.25, 0.3) is 0 Å². The third kappa shape index (κ3) is 6.95. The van der Waals surface area contributed by atoms with Gasteiger partial charge in [0, 0.05) is 57.8 Å². The topological polar surface area (TPSA) is 69.2 Å². The lowest BCUT2D eigenvalue weighted by molar-refractivity contribution is -0.134. The van der Waals surface area contributed by atoms with Crippen molar-refractivity contribution in [1.82, 2.24) is 20.4 Å². The minimum Gasteiger partial charge on any atom is -0.379 e. The second kappa shape index (κ2) is 13.1. The molecule has 174 valence electrons. The molecule has 3 aliphatic rings. The number of nitrogens with one attached hydrogen (secondary N) is 2. The highest BCUT2D eigenvalue weighted by atomic mass is 127. The van der Waals surface area contributed by atoms with Crippen LogP contribution in [0.2, 0.25) is 0 Å². The summed E-state index contributed by atoms with van der Waals surface area (Å²) in [7, 11) is 1.81. The van der Waals surface area contributed by atoms with Gasteiger partial charge in [-0.2, -0.15) is 0 Å². The molecule has 1 atom stereocenters. The maximum Gasteiger partial charge on any atom is 0.224 e. The fourth-order valence-electron chi connectivity index (χ4n) is 5.22. The number of piperidine rings is 1. The first-order chi connectivity index (χ1) is 14.1. The van der Waals surface area contributed by atoms with Gasteiger partial charge in [0.1, 0.15) is 0 Å². The van der Waals surface area contributed by atoms with Crippen molar-refractivity contribution in [1.29, 1.82) is 0 Å². The smallest absolute Gasteiger partial charge is 0.224 e. The third-order valence-electron chi connectivity index (χ3n) is 7.03. The van der Waals surface area contributed by atoms with Gasteiger partial charge in [-0.25, -0.2) is 0 Å². The zero-order valence-corrected chi connectivity index (χ0v) is 21.3. The van der Waals surface area contributed by atoms with Gasteiger partial charge < -0.3 is 20.3 Å². The Hall–Kier alpha value is -0.610. The Morgan fingerprint density at radius 3 is 2.47 bits per heavy atom. The summed E-state index contributed by atoms with van der Waals surface area (Å²) < 4.78 is 5.58. The number of morpholine rings is 1. The van der Waals surface area contributed by atoms with E-state index in [0.29, 0.717) is 19.0 Å². The molecule has 0 aromatic heterocycles. The van der Waals surface area contributed by atoms with E-state index in [9.17, 15) is 4.79 Å². The summed E-state index contributed by atoms with van der Waals surface area (Å²) in [6.07, 6.45) is 10.5. The summed E-state index contributed by atoms with van der Waals surface area (Å²) in [5, 5.41) is 6.93.